The minimum absolute atomic E-state index is 0.0136. The van der Waals surface area contributed by atoms with Crippen molar-refractivity contribution in [3.63, 3.8) is 0 Å². The first kappa shape index (κ1) is 14.3. The summed E-state index contributed by atoms with van der Waals surface area (Å²) in [4.78, 5) is 23.4. The van der Waals surface area contributed by atoms with Gasteiger partial charge in [0.1, 0.15) is 0 Å². The molecule has 19 heavy (non-hydrogen) atoms. The maximum atomic E-state index is 12.2. The van der Waals surface area contributed by atoms with Crippen LogP contribution in [0.5, 0.6) is 0 Å². The van der Waals surface area contributed by atoms with E-state index in [1.807, 2.05) is 6.92 Å². The van der Waals surface area contributed by atoms with E-state index in [2.05, 4.69) is 10.6 Å². The zero-order valence-corrected chi connectivity index (χ0v) is 11.6. The lowest BCUT2D eigenvalue weighted by molar-refractivity contribution is -0.145. The number of rotatable bonds is 4. The Hall–Kier alpha value is -1.10. The molecule has 2 rings (SSSR count). The molecule has 0 radical (unpaired) electrons. The van der Waals surface area contributed by atoms with Gasteiger partial charge in [-0.05, 0) is 45.1 Å². The Bertz CT molecular complexity index is 351. The van der Waals surface area contributed by atoms with Crippen molar-refractivity contribution >= 4 is 11.9 Å². The number of nitrogens with one attached hydrogen (secondary N) is 2. The van der Waals surface area contributed by atoms with Crippen molar-refractivity contribution in [3.05, 3.63) is 0 Å². The number of carboxylic acid groups (broad SMARTS) is 1. The maximum absolute atomic E-state index is 12.2. The van der Waals surface area contributed by atoms with E-state index in [4.69, 9.17) is 0 Å². The maximum Gasteiger partial charge on any atom is 0.306 e. The largest absolute Gasteiger partial charge is 0.481 e. The molecule has 0 aromatic heterocycles. The molecule has 1 aliphatic carbocycles. The average molecular weight is 268 g/mol. The lowest BCUT2D eigenvalue weighted by Crippen LogP contribution is -2.52. The Balaban J connectivity index is 1.86. The van der Waals surface area contributed by atoms with Gasteiger partial charge in [0.25, 0.3) is 0 Å². The molecule has 1 saturated carbocycles. The highest BCUT2D eigenvalue weighted by atomic mass is 16.4. The molecule has 2 fully saturated rings. The lowest BCUT2D eigenvalue weighted by Gasteiger charge is -2.30. The molecule has 3 atom stereocenters. The fourth-order valence-electron chi connectivity index (χ4n) is 3.28. The number of hydrogen-bond donors (Lipinski definition) is 3. The van der Waals surface area contributed by atoms with Crippen LogP contribution < -0.4 is 10.6 Å². The van der Waals surface area contributed by atoms with Gasteiger partial charge in [0.15, 0.2) is 0 Å². The molecular formula is C14H24N2O3. The van der Waals surface area contributed by atoms with Gasteiger partial charge < -0.3 is 15.7 Å². The van der Waals surface area contributed by atoms with Gasteiger partial charge in [0.2, 0.25) is 5.91 Å². The molecule has 0 spiro atoms. The number of carbonyl (C=O) groups is 2. The molecule has 3 N–H and O–H groups in total. The molecule has 2 aliphatic rings. The zero-order valence-electron chi connectivity index (χ0n) is 11.6. The predicted octanol–water partition coefficient (Wildman–Crippen LogP) is 1.14. The highest BCUT2D eigenvalue weighted by Gasteiger charge is 2.37. The van der Waals surface area contributed by atoms with Crippen molar-refractivity contribution in [3.8, 4) is 0 Å². The summed E-state index contributed by atoms with van der Waals surface area (Å²) in [5, 5.41) is 15.4. The Labute approximate surface area is 114 Å². The van der Waals surface area contributed by atoms with Crippen molar-refractivity contribution in [1.82, 2.24) is 10.6 Å². The number of carboxylic acids is 1. The summed E-state index contributed by atoms with van der Waals surface area (Å²) in [5.41, 5.74) is -0.465. The number of hydrogen-bond acceptors (Lipinski definition) is 3. The molecule has 1 amide bonds. The van der Waals surface area contributed by atoms with E-state index >= 15 is 0 Å². The molecule has 1 aliphatic heterocycles. The fraction of sp³-hybridized carbons (Fsp3) is 0.857. The van der Waals surface area contributed by atoms with E-state index < -0.39 is 11.5 Å². The summed E-state index contributed by atoms with van der Waals surface area (Å²) < 4.78 is 0. The Kier molecular flexibility index (Phi) is 4.45. The van der Waals surface area contributed by atoms with Crippen molar-refractivity contribution < 1.29 is 14.7 Å². The number of carbonyl (C=O) groups excluding carboxylic acids is 1. The molecule has 1 heterocycles. The first-order valence-corrected chi connectivity index (χ1v) is 7.29. The topological polar surface area (TPSA) is 78.4 Å². The third kappa shape index (κ3) is 3.26. The van der Waals surface area contributed by atoms with Gasteiger partial charge in [-0.25, -0.2) is 0 Å². The summed E-state index contributed by atoms with van der Waals surface area (Å²) in [5.74, 6) is -0.914. The molecule has 0 bridgehead atoms. The second-order valence-corrected chi connectivity index (χ2v) is 6.06. The van der Waals surface area contributed by atoms with Gasteiger partial charge in [-0.2, -0.15) is 0 Å². The monoisotopic (exact) mass is 268 g/mol. The van der Waals surface area contributed by atoms with Crippen molar-refractivity contribution in [2.45, 2.75) is 51.0 Å². The van der Waals surface area contributed by atoms with Crippen LogP contribution in [0.15, 0.2) is 0 Å². The van der Waals surface area contributed by atoms with Gasteiger partial charge in [0.05, 0.1) is 11.5 Å². The highest BCUT2D eigenvalue weighted by molar-refractivity contribution is 5.86. The van der Waals surface area contributed by atoms with E-state index in [1.54, 1.807) is 0 Å². The van der Waals surface area contributed by atoms with Crippen LogP contribution in [0, 0.1) is 11.8 Å². The van der Waals surface area contributed by atoms with Crippen LogP contribution in [0.2, 0.25) is 0 Å². The normalized spacial score (nSPS) is 35.0. The van der Waals surface area contributed by atoms with Gasteiger partial charge >= 0.3 is 5.97 Å². The third-order valence-corrected chi connectivity index (χ3v) is 4.62. The molecule has 5 nitrogen and oxygen atoms in total. The predicted molar refractivity (Wildman–Crippen MR) is 71.7 cm³/mol. The first-order chi connectivity index (χ1) is 9.03. The molecule has 1 saturated heterocycles. The summed E-state index contributed by atoms with van der Waals surface area (Å²) in [6.45, 7) is 3.29. The molecular weight excluding hydrogens is 244 g/mol. The molecule has 3 unspecified atom stereocenters. The van der Waals surface area contributed by atoms with E-state index in [-0.39, 0.29) is 17.7 Å². The van der Waals surface area contributed by atoms with Crippen LogP contribution in [0.1, 0.15) is 45.4 Å². The van der Waals surface area contributed by atoms with Crippen LogP contribution in [-0.2, 0) is 9.59 Å². The Morgan fingerprint density at radius 1 is 1.32 bits per heavy atom. The second kappa shape index (κ2) is 5.90. The standard InChI is InChI=1S/C14H24N2O3/c1-14(7-4-8-16-14)13(19)15-9-10-5-2-3-6-11(10)12(17)18/h10-11,16H,2-9H2,1H3,(H,15,19)(H,17,18). The number of amides is 1. The van der Waals surface area contributed by atoms with Crippen LogP contribution in [0.25, 0.3) is 0 Å². The minimum atomic E-state index is -0.718. The lowest BCUT2D eigenvalue weighted by atomic mass is 9.79. The summed E-state index contributed by atoms with van der Waals surface area (Å²) in [6, 6.07) is 0. The highest BCUT2D eigenvalue weighted by Crippen LogP contribution is 2.30. The van der Waals surface area contributed by atoms with Crippen LogP contribution >= 0.6 is 0 Å². The summed E-state index contributed by atoms with van der Waals surface area (Å²) >= 11 is 0. The fourth-order valence-corrected chi connectivity index (χ4v) is 3.28. The van der Waals surface area contributed by atoms with Gasteiger partial charge in [-0.15, -0.1) is 0 Å². The summed E-state index contributed by atoms with van der Waals surface area (Å²) in [6.07, 6.45) is 5.57. The average Bonchev–Trinajstić information content (AvgIpc) is 2.84. The van der Waals surface area contributed by atoms with Crippen molar-refractivity contribution in [2.75, 3.05) is 13.1 Å². The van der Waals surface area contributed by atoms with Crippen LogP contribution in [-0.4, -0.2) is 35.6 Å². The Morgan fingerprint density at radius 3 is 2.68 bits per heavy atom. The van der Waals surface area contributed by atoms with E-state index in [9.17, 15) is 14.7 Å². The van der Waals surface area contributed by atoms with Gasteiger partial charge in [-0.1, -0.05) is 12.8 Å². The van der Waals surface area contributed by atoms with Crippen LogP contribution in [0.3, 0.4) is 0 Å². The smallest absolute Gasteiger partial charge is 0.306 e. The zero-order chi connectivity index (χ0) is 13.9. The summed E-state index contributed by atoms with van der Waals surface area (Å²) in [7, 11) is 0. The SMILES string of the molecule is CC1(C(=O)NCC2CCCCC2C(=O)O)CCCN1. The second-order valence-electron chi connectivity index (χ2n) is 6.06. The molecule has 0 aromatic carbocycles. The third-order valence-electron chi connectivity index (χ3n) is 4.62. The van der Waals surface area contributed by atoms with E-state index in [0.717, 1.165) is 45.1 Å². The Morgan fingerprint density at radius 2 is 2.05 bits per heavy atom. The quantitative estimate of drug-likeness (QED) is 0.714. The molecule has 5 heteroatoms. The van der Waals surface area contributed by atoms with Gasteiger partial charge in [0, 0.05) is 6.54 Å². The van der Waals surface area contributed by atoms with Crippen molar-refractivity contribution in [1.29, 1.82) is 0 Å². The first-order valence-electron chi connectivity index (χ1n) is 7.29. The van der Waals surface area contributed by atoms with Crippen LogP contribution in [0.4, 0.5) is 0 Å². The van der Waals surface area contributed by atoms with Gasteiger partial charge in [-0.3, -0.25) is 9.59 Å². The molecule has 0 aromatic rings. The van der Waals surface area contributed by atoms with Crippen molar-refractivity contribution in [2.24, 2.45) is 11.8 Å². The minimum Gasteiger partial charge on any atom is -0.481 e. The molecule has 108 valence electrons. The van der Waals surface area contributed by atoms with E-state index in [0.29, 0.717) is 6.54 Å². The number of aliphatic carboxylic acids is 1. The van der Waals surface area contributed by atoms with E-state index in [1.165, 1.54) is 0 Å².